The van der Waals surface area contributed by atoms with Crippen molar-refractivity contribution in [1.29, 1.82) is 0 Å². The highest BCUT2D eigenvalue weighted by molar-refractivity contribution is 5.94. The second kappa shape index (κ2) is 10.2. The first-order chi connectivity index (χ1) is 10.2. The van der Waals surface area contributed by atoms with Gasteiger partial charge in [0.1, 0.15) is 5.75 Å². The number of rotatable bonds is 10. The van der Waals surface area contributed by atoms with Gasteiger partial charge in [0.05, 0.1) is 6.61 Å². The summed E-state index contributed by atoms with van der Waals surface area (Å²) in [6, 6.07) is 7.25. The van der Waals surface area contributed by atoms with Crippen molar-refractivity contribution in [3.63, 3.8) is 0 Å². The smallest absolute Gasteiger partial charge is 0.251 e. The lowest BCUT2D eigenvalue weighted by molar-refractivity contribution is 0.0942. The lowest BCUT2D eigenvalue weighted by atomic mass is 10.00. The summed E-state index contributed by atoms with van der Waals surface area (Å²) in [7, 11) is 0. The second-order valence-corrected chi connectivity index (χ2v) is 5.25. The van der Waals surface area contributed by atoms with Crippen molar-refractivity contribution in [2.24, 2.45) is 5.92 Å². The molecule has 1 unspecified atom stereocenters. The van der Waals surface area contributed by atoms with Crippen LogP contribution in [0.2, 0.25) is 0 Å². The van der Waals surface area contributed by atoms with Crippen LogP contribution in [0, 0.1) is 5.92 Å². The lowest BCUT2D eigenvalue weighted by Gasteiger charge is -2.16. The van der Waals surface area contributed by atoms with Crippen LogP contribution in [0.1, 0.15) is 49.9 Å². The van der Waals surface area contributed by atoms with Gasteiger partial charge >= 0.3 is 0 Å². The zero-order chi connectivity index (χ0) is 15.5. The summed E-state index contributed by atoms with van der Waals surface area (Å²) >= 11 is 0. The van der Waals surface area contributed by atoms with Crippen LogP contribution in [0.3, 0.4) is 0 Å². The first kappa shape index (κ1) is 17.5. The van der Waals surface area contributed by atoms with Crippen LogP contribution < -0.4 is 10.1 Å². The predicted molar refractivity (Wildman–Crippen MR) is 84.7 cm³/mol. The Labute approximate surface area is 127 Å². The second-order valence-electron chi connectivity index (χ2n) is 5.25. The summed E-state index contributed by atoms with van der Waals surface area (Å²) in [5, 5.41) is 12.0. The molecule has 4 heteroatoms. The molecule has 0 aromatic heterocycles. The number of amides is 1. The highest BCUT2D eigenvalue weighted by atomic mass is 16.5. The van der Waals surface area contributed by atoms with E-state index in [0.29, 0.717) is 24.6 Å². The van der Waals surface area contributed by atoms with Gasteiger partial charge in [0.15, 0.2) is 0 Å². The standard InChI is InChI=1S/C17H27NO3/c1-3-6-14(9-10-19)13-18-17(20)15-7-5-8-16(12-15)21-11-4-2/h5,7-8,12,14,19H,3-4,6,9-11,13H2,1-2H3,(H,18,20). The fourth-order valence-electron chi connectivity index (χ4n) is 2.23. The molecule has 1 rings (SSSR count). The molecule has 0 saturated heterocycles. The van der Waals surface area contributed by atoms with Gasteiger partial charge in [-0.2, -0.15) is 0 Å². The molecule has 0 spiro atoms. The minimum atomic E-state index is -0.0870. The largest absolute Gasteiger partial charge is 0.494 e. The van der Waals surface area contributed by atoms with Crippen LogP contribution in [0.25, 0.3) is 0 Å². The van der Waals surface area contributed by atoms with Crippen LogP contribution in [0.15, 0.2) is 24.3 Å². The first-order valence-corrected chi connectivity index (χ1v) is 7.83. The summed E-state index contributed by atoms with van der Waals surface area (Å²) in [5.74, 6) is 0.976. The van der Waals surface area contributed by atoms with E-state index in [1.54, 1.807) is 12.1 Å². The minimum absolute atomic E-state index is 0.0870. The molecular formula is C17H27NO3. The third-order valence-electron chi connectivity index (χ3n) is 3.35. The van der Waals surface area contributed by atoms with Crippen molar-refractivity contribution in [2.45, 2.75) is 39.5 Å². The topological polar surface area (TPSA) is 58.6 Å². The van der Waals surface area contributed by atoms with Gasteiger partial charge in [0.2, 0.25) is 0 Å². The lowest BCUT2D eigenvalue weighted by Crippen LogP contribution is -2.29. The van der Waals surface area contributed by atoms with Crippen LogP contribution >= 0.6 is 0 Å². The molecule has 0 aliphatic heterocycles. The Morgan fingerprint density at radius 2 is 2.10 bits per heavy atom. The van der Waals surface area contributed by atoms with Gasteiger partial charge in [-0.25, -0.2) is 0 Å². The molecule has 1 amide bonds. The zero-order valence-electron chi connectivity index (χ0n) is 13.1. The third kappa shape index (κ3) is 6.63. The number of hydrogen-bond donors (Lipinski definition) is 2. The number of benzene rings is 1. The van der Waals surface area contributed by atoms with Gasteiger partial charge in [-0.3, -0.25) is 4.79 Å². The summed E-state index contributed by atoms with van der Waals surface area (Å²) in [4.78, 5) is 12.2. The molecular weight excluding hydrogens is 266 g/mol. The molecule has 21 heavy (non-hydrogen) atoms. The Bertz CT molecular complexity index is 414. The van der Waals surface area contributed by atoms with E-state index in [9.17, 15) is 4.79 Å². The van der Waals surface area contributed by atoms with E-state index in [1.165, 1.54) is 0 Å². The summed E-state index contributed by atoms with van der Waals surface area (Å²) in [5.41, 5.74) is 0.614. The monoisotopic (exact) mass is 293 g/mol. The Balaban J connectivity index is 2.54. The normalized spacial score (nSPS) is 12.0. The van der Waals surface area contributed by atoms with E-state index in [4.69, 9.17) is 9.84 Å². The SMILES string of the molecule is CCCOc1cccc(C(=O)NCC(CCC)CCO)c1. The molecule has 0 bridgehead atoms. The zero-order valence-corrected chi connectivity index (χ0v) is 13.1. The molecule has 0 fully saturated rings. The van der Waals surface area contributed by atoms with Crippen molar-refractivity contribution in [3.05, 3.63) is 29.8 Å². The fourth-order valence-corrected chi connectivity index (χ4v) is 2.23. The molecule has 1 aromatic rings. The van der Waals surface area contributed by atoms with E-state index in [-0.39, 0.29) is 12.5 Å². The Morgan fingerprint density at radius 1 is 1.29 bits per heavy atom. The number of hydrogen-bond acceptors (Lipinski definition) is 3. The quantitative estimate of drug-likeness (QED) is 0.697. The van der Waals surface area contributed by atoms with E-state index in [0.717, 1.165) is 31.4 Å². The van der Waals surface area contributed by atoms with Gasteiger partial charge in [-0.15, -0.1) is 0 Å². The van der Waals surface area contributed by atoms with Crippen LogP contribution in [0.5, 0.6) is 5.75 Å². The summed E-state index contributed by atoms with van der Waals surface area (Å²) in [6.45, 7) is 5.58. The predicted octanol–water partition coefficient (Wildman–Crippen LogP) is 3.00. The van der Waals surface area contributed by atoms with E-state index in [1.807, 2.05) is 19.1 Å². The molecule has 0 radical (unpaired) electrons. The number of carbonyl (C=O) groups excluding carboxylic acids is 1. The van der Waals surface area contributed by atoms with E-state index in [2.05, 4.69) is 12.2 Å². The summed E-state index contributed by atoms with van der Waals surface area (Å²) < 4.78 is 5.54. The van der Waals surface area contributed by atoms with Crippen molar-refractivity contribution in [3.8, 4) is 5.75 Å². The van der Waals surface area contributed by atoms with Gasteiger partial charge in [0, 0.05) is 18.7 Å². The average Bonchev–Trinajstić information content (AvgIpc) is 2.51. The molecule has 1 atom stereocenters. The maximum absolute atomic E-state index is 12.2. The molecule has 0 saturated carbocycles. The number of aliphatic hydroxyl groups is 1. The van der Waals surface area contributed by atoms with Gasteiger partial charge < -0.3 is 15.2 Å². The fraction of sp³-hybridized carbons (Fsp3) is 0.588. The molecule has 118 valence electrons. The molecule has 1 aromatic carbocycles. The average molecular weight is 293 g/mol. The minimum Gasteiger partial charge on any atom is -0.494 e. The number of ether oxygens (including phenoxy) is 1. The third-order valence-corrected chi connectivity index (χ3v) is 3.35. The van der Waals surface area contributed by atoms with Crippen LogP contribution in [0.4, 0.5) is 0 Å². The number of carbonyl (C=O) groups is 1. The maximum Gasteiger partial charge on any atom is 0.251 e. The molecule has 2 N–H and O–H groups in total. The van der Waals surface area contributed by atoms with Crippen molar-refractivity contribution in [2.75, 3.05) is 19.8 Å². The van der Waals surface area contributed by atoms with E-state index < -0.39 is 0 Å². The highest BCUT2D eigenvalue weighted by Crippen LogP contribution is 2.14. The molecule has 0 heterocycles. The number of nitrogens with one attached hydrogen (secondary N) is 1. The van der Waals surface area contributed by atoms with Crippen LogP contribution in [-0.2, 0) is 0 Å². The summed E-state index contributed by atoms with van der Waals surface area (Å²) in [6.07, 6.45) is 3.74. The Morgan fingerprint density at radius 3 is 2.76 bits per heavy atom. The van der Waals surface area contributed by atoms with Crippen molar-refractivity contribution < 1.29 is 14.6 Å². The van der Waals surface area contributed by atoms with Crippen LogP contribution in [-0.4, -0.2) is 30.8 Å². The molecule has 0 aliphatic rings. The molecule has 0 aliphatic carbocycles. The maximum atomic E-state index is 12.2. The van der Waals surface area contributed by atoms with Crippen molar-refractivity contribution >= 4 is 5.91 Å². The Kier molecular flexibility index (Phi) is 8.51. The molecule has 4 nitrogen and oxygen atoms in total. The van der Waals surface area contributed by atoms with Gasteiger partial charge in [-0.05, 0) is 43.4 Å². The Hall–Kier alpha value is -1.55. The first-order valence-electron chi connectivity index (χ1n) is 7.83. The van der Waals surface area contributed by atoms with E-state index >= 15 is 0 Å². The van der Waals surface area contributed by atoms with Gasteiger partial charge in [-0.1, -0.05) is 26.3 Å². The highest BCUT2D eigenvalue weighted by Gasteiger charge is 2.11. The number of aliphatic hydroxyl groups excluding tert-OH is 1. The van der Waals surface area contributed by atoms with Crippen molar-refractivity contribution in [1.82, 2.24) is 5.32 Å². The van der Waals surface area contributed by atoms with Gasteiger partial charge in [0.25, 0.3) is 5.91 Å².